The first-order valence-electron chi connectivity index (χ1n) is 4.20. The Balaban J connectivity index is 4.58. The molecule has 0 aliphatic carbocycles. The second kappa shape index (κ2) is 7.24. The summed E-state index contributed by atoms with van der Waals surface area (Å²) >= 11 is 31.2. The molecule has 1 atom stereocenters. The van der Waals surface area contributed by atoms with Gasteiger partial charge < -0.3 is 15.2 Å². The maximum Gasteiger partial charge on any atom is 0.358 e. The number of amides is 1. The van der Waals surface area contributed by atoms with Crippen molar-refractivity contribution >= 4 is 87.5 Å². The van der Waals surface area contributed by atoms with Crippen molar-refractivity contribution in [3.63, 3.8) is 0 Å². The minimum Gasteiger partial charge on any atom is -0.480 e. The van der Waals surface area contributed by atoms with E-state index < -0.39 is 38.1 Å². The van der Waals surface area contributed by atoms with E-state index >= 15 is 0 Å². The summed E-state index contributed by atoms with van der Waals surface area (Å²) in [5, 5.41) is 10.6. The van der Waals surface area contributed by atoms with Crippen LogP contribution in [0.25, 0.3) is 0 Å². The molecule has 0 bridgehead atoms. The van der Waals surface area contributed by atoms with Crippen molar-refractivity contribution in [3.05, 3.63) is 0 Å². The first kappa shape index (κ1) is 19.1. The van der Waals surface area contributed by atoms with Gasteiger partial charge in [0, 0.05) is 0 Å². The van der Waals surface area contributed by atoms with Crippen molar-refractivity contribution < 1.29 is 24.2 Å². The van der Waals surface area contributed by atoms with Crippen molar-refractivity contribution in [1.29, 1.82) is 0 Å². The summed E-state index contributed by atoms with van der Waals surface area (Å²) in [5.74, 6) is -4.07. The molecule has 1 amide bonds. The fourth-order valence-electron chi connectivity index (χ4n) is 0.656. The third-order valence-corrected chi connectivity index (χ3v) is 2.45. The van der Waals surface area contributed by atoms with E-state index in [1.165, 1.54) is 0 Å². The fraction of sp³-hybridized carbons (Fsp3) is 0.571. The van der Waals surface area contributed by atoms with Gasteiger partial charge in [0.15, 0.2) is 6.04 Å². The minimum absolute atomic E-state index is 0.811. The predicted octanol–water partition coefficient (Wildman–Crippen LogP) is 1.84. The second-order valence-corrected chi connectivity index (χ2v) is 7.52. The van der Waals surface area contributed by atoms with E-state index in [-0.39, 0.29) is 0 Å². The van der Waals surface area contributed by atoms with Crippen LogP contribution in [0.2, 0.25) is 0 Å². The molecule has 0 aromatic carbocycles. The largest absolute Gasteiger partial charge is 0.480 e. The zero-order valence-electron chi connectivity index (χ0n) is 8.63. The Hall–Kier alpha value is 0.150. The number of rotatable bonds is 4. The highest BCUT2D eigenvalue weighted by molar-refractivity contribution is 6.76. The summed E-state index contributed by atoms with van der Waals surface area (Å²) < 4.78 is -0.357. The van der Waals surface area contributed by atoms with Gasteiger partial charge in [0.1, 0.15) is 6.61 Å². The molecule has 0 saturated carbocycles. The summed E-state index contributed by atoms with van der Waals surface area (Å²) in [6, 6.07) is -1.67. The van der Waals surface area contributed by atoms with Gasteiger partial charge >= 0.3 is 11.9 Å². The molecular weight excluding hydrogens is 391 g/mol. The Kier molecular flexibility index (Phi) is 7.30. The number of ether oxygens (including phenoxy) is 1. The van der Waals surface area contributed by atoms with Crippen LogP contribution in [0, 0.1) is 0 Å². The van der Waals surface area contributed by atoms with E-state index in [2.05, 4.69) is 4.74 Å². The molecule has 110 valence electrons. The van der Waals surface area contributed by atoms with Gasteiger partial charge in [-0.3, -0.25) is 4.79 Å². The molecule has 0 saturated heterocycles. The molecule has 0 heterocycles. The number of carboxylic acids is 1. The fourth-order valence-corrected chi connectivity index (χ4v) is 0.983. The molecule has 6 nitrogen and oxygen atoms in total. The van der Waals surface area contributed by atoms with Crippen LogP contribution in [-0.2, 0) is 19.1 Å². The molecule has 0 aliphatic heterocycles. The van der Waals surface area contributed by atoms with Crippen molar-refractivity contribution in [1.82, 2.24) is 5.32 Å². The lowest BCUT2D eigenvalue weighted by Gasteiger charge is -2.18. The standard InChI is InChI=1S/C7H5Cl6NO5/c8-6(9,10)4(17)14-2(3(15)16)1-19-5(18)7(11,12)13/h2H,1H2,(H,14,17)(H,15,16)/t2-/m1/s1. The summed E-state index contributed by atoms with van der Waals surface area (Å²) in [6.45, 7) is -0.811. The molecule has 0 radical (unpaired) electrons. The van der Waals surface area contributed by atoms with E-state index in [9.17, 15) is 14.4 Å². The van der Waals surface area contributed by atoms with E-state index in [1.54, 1.807) is 0 Å². The van der Waals surface area contributed by atoms with Gasteiger partial charge in [-0.05, 0) is 0 Å². The predicted molar refractivity (Wildman–Crippen MR) is 71.1 cm³/mol. The first-order valence-corrected chi connectivity index (χ1v) is 6.47. The van der Waals surface area contributed by atoms with Crippen LogP contribution in [0.1, 0.15) is 0 Å². The van der Waals surface area contributed by atoms with Gasteiger partial charge in [0.25, 0.3) is 13.5 Å². The monoisotopic (exact) mass is 393 g/mol. The average molecular weight is 396 g/mol. The Morgan fingerprint density at radius 3 is 1.84 bits per heavy atom. The lowest BCUT2D eigenvalue weighted by molar-refractivity contribution is -0.149. The number of esters is 1. The highest BCUT2D eigenvalue weighted by Crippen LogP contribution is 2.28. The van der Waals surface area contributed by atoms with Crippen LogP contribution in [-0.4, -0.2) is 43.2 Å². The van der Waals surface area contributed by atoms with Crippen molar-refractivity contribution in [2.75, 3.05) is 6.61 Å². The van der Waals surface area contributed by atoms with Crippen LogP contribution in [0.4, 0.5) is 0 Å². The highest BCUT2D eigenvalue weighted by atomic mass is 35.6. The van der Waals surface area contributed by atoms with Gasteiger partial charge in [-0.1, -0.05) is 69.6 Å². The smallest absolute Gasteiger partial charge is 0.358 e. The van der Waals surface area contributed by atoms with E-state index in [4.69, 9.17) is 74.7 Å². The Bertz CT molecular complexity index is 375. The number of aliphatic carboxylic acids is 1. The van der Waals surface area contributed by atoms with E-state index in [1.807, 2.05) is 5.32 Å². The van der Waals surface area contributed by atoms with Crippen molar-refractivity contribution in [2.24, 2.45) is 0 Å². The van der Waals surface area contributed by atoms with E-state index in [0.717, 1.165) is 0 Å². The van der Waals surface area contributed by atoms with Crippen molar-refractivity contribution in [2.45, 2.75) is 13.6 Å². The molecule has 0 spiro atoms. The van der Waals surface area contributed by atoms with Gasteiger partial charge in [-0.25, -0.2) is 9.59 Å². The first-order chi connectivity index (χ1) is 8.35. The summed E-state index contributed by atoms with van der Waals surface area (Å²) in [4.78, 5) is 33.1. The van der Waals surface area contributed by atoms with Gasteiger partial charge in [-0.15, -0.1) is 0 Å². The SMILES string of the molecule is O=C(O)[C@@H](COC(=O)C(Cl)(Cl)Cl)NC(=O)C(Cl)(Cl)Cl. The Labute approximate surface area is 137 Å². The molecule has 0 aromatic rings. The molecule has 0 unspecified atom stereocenters. The molecule has 0 aromatic heterocycles. The maximum atomic E-state index is 11.2. The third kappa shape index (κ3) is 7.48. The summed E-state index contributed by atoms with van der Waals surface area (Å²) in [7, 11) is 0. The average Bonchev–Trinajstić information content (AvgIpc) is 2.19. The molecule has 2 N–H and O–H groups in total. The minimum atomic E-state index is -2.37. The van der Waals surface area contributed by atoms with Gasteiger partial charge in [-0.2, -0.15) is 0 Å². The molecule has 12 heteroatoms. The summed E-state index contributed by atoms with van der Waals surface area (Å²) in [5.41, 5.74) is 0. The normalized spacial score (nSPS) is 13.6. The molecule has 0 aliphatic rings. The van der Waals surface area contributed by atoms with Crippen LogP contribution in [0.5, 0.6) is 0 Å². The number of nitrogens with one attached hydrogen (secondary N) is 1. The van der Waals surface area contributed by atoms with Crippen LogP contribution < -0.4 is 5.32 Å². The number of carbonyl (C=O) groups is 3. The number of hydrogen-bond donors (Lipinski definition) is 2. The quantitative estimate of drug-likeness (QED) is 0.559. The topological polar surface area (TPSA) is 92.7 Å². The van der Waals surface area contributed by atoms with Crippen molar-refractivity contribution in [3.8, 4) is 0 Å². The van der Waals surface area contributed by atoms with Crippen LogP contribution >= 0.6 is 69.6 Å². The lowest BCUT2D eigenvalue weighted by atomic mass is 10.3. The zero-order valence-corrected chi connectivity index (χ0v) is 13.2. The van der Waals surface area contributed by atoms with E-state index in [0.29, 0.717) is 0 Å². The number of carbonyl (C=O) groups excluding carboxylic acids is 2. The Morgan fingerprint density at radius 2 is 1.53 bits per heavy atom. The number of carboxylic acid groups (broad SMARTS) is 1. The van der Waals surface area contributed by atoms with Gasteiger partial charge in [0.05, 0.1) is 0 Å². The molecule has 0 rings (SSSR count). The molecule has 19 heavy (non-hydrogen) atoms. The Morgan fingerprint density at radius 1 is 1.05 bits per heavy atom. The number of halogens is 6. The number of hydrogen-bond acceptors (Lipinski definition) is 4. The summed E-state index contributed by atoms with van der Waals surface area (Å²) in [6.07, 6.45) is 0. The highest BCUT2D eigenvalue weighted by Gasteiger charge is 2.37. The van der Waals surface area contributed by atoms with Crippen LogP contribution in [0.3, 0.4) is 0 Å². The third-order valence-electron chi connectivity index (χ3n) is 1.47. The lowest BCUT2D eigenvalue weighted by Crippen LogP contribution is -2.48. The van der Waals surface area contributed by atoms with Crippen LogP contribution in [0.15, 0.2) is 0 Å². The van der Waals surface area contributed by atoms with Gasteiger partial charge in [0.2, 0.25) is 0 Å². The second-order valence-electron chi connectivity index (χ2n) is 2.96. The number of alkyl halides is 6. The maximum absolute atomic E-state index is 11.2. The molecule has 0 fully saturated rings. The zero-order chi connectivity index (χ0) is 15.4. The molecular formula is C7H5Cl6NO5.